The highest BCUT2D eigenvalue weighted by molar-refractivity contribution is 5.79. The van der Waals surface area contributed by atoms with Gasteiger partial charge in [-0.25, -0.2) is 0 Å². The third-order valence-corrected chi connectivity index (χ3v) is 5.16. The zero-order valence-electron chi connectivity index (χ0n) is 15.7. The smallest absolute Gasteiger partial charge is 0.372 e. The van der Waals surface area contributed by atoms with Crippen LogP contribution in [0.4, 0.5) is 13.2 Å². The van der Waals surface area contributed by atoms with Crippen LogP contribution in [0.15, 0.2) is 0 Å². The van der Waals surface area contributed by atoms with Crippen molar-refractivity contribution in [1.82, 2.24) is 15.1 Å². The fourth-order valence-corrected chi connectivity index (χ4v) is 3.68. The first-order valence-electron chi connectivity index (χ1n) is 9.63. The van der Waals surface area contributed by atoms with E-state index in [2.05, 4.69) is 25.9 Å². The zero-order chi connectivity index (χ0) is 19.8. The van der Waals surface area contributed by atoms with Gasteiger partial charge in [-0.1, -0.05) is 19.3 Å². The molecule has 1 aliphatic carbocycles. The van der Waals surface area contributed by atoms with Gasteiger partial charge in [0, 0.05) is 39.3 Å². The Labute approximate surface area is 158 Å². The van der Waals surface area contributed by atoms with Gasteiger partial charge in [-0.05, 0) is 19.3 Å². The summed E-state index contributed by atoms with van der Waals surface area (Å²) in [7, 11) is 0. The van der Waals surface area contributed by atoms with Crippen LogP contribution in [0.25, 0.3) is 0 Å². The first-order valence-corrected chi connectivity index (χ1v) is 9.63. The lowest BCUT2D eigenvalue weighted by Gasteiger charge is -2.36. The molecule has 1 aliphatic heterocycles. The number of hydrogen-bond acceptors (Lipinski definition) is 5. The Bertz CT molecular complexity index is 508. The van der Waals surface area contributed by atoms with Crippen LogP contribution in [-0.4, -0.2) is 79.9 Å². The zero-order valence-corrected chi connectivity index (χ0v) is 15.7. The van der Waals surface area contributed by atoms with E-state index >= 15 is 0 Å². The highest BCUT2D eigenvalue weighted by Crippen LogP contribution is 2.27. The third kappa shape index (κ3) is 8.03. The number of rotatable bonds is 8. The van der Waals surface area contributed by atoms with Gasteiger partial charge < -0.3 is 15.0 Å². The molecule has 1 heterocycles. The maximum absolute atomic E-state index is 12.3. The van der Waals surface area contributed by atoms with E-state index in [1.165, 1.54) is 0 Å². The van der Waals surface area contributed by atoms with Gasteiger partial charge in [-0.2, -0.15) is 18.4 Å². The van der Waals surface area contributed by atoms with Crippen molar-refractivity contribution in [2.24, 2.45) is 0 Å². The molecule has 0 atom stereocenters. The number of hydrogen-bond donors (Lipinski definition) is 1. The van der Waals surface area contributed by atoms with E-state index in [0.29, 0.717) is 13.0 Å². The van der Waals surface area contributed by atoms with Gasteiger partial charge >= 0.3 is 6.18 Å². The summed E-state index contributed by atoms with van der Waals surface area (Å²) < 4.78 is 40.6. The van der Waals surface area contributed by atoms with Gasteiger partial charge in [-0.15, -0.1) is 0 Å². The number of nitrogens with zero attached hydrogens (tertiary/aromatic N) is 3. The molecule has 1 saturated heterocycles. The number of nitrogens with one attached hydrogen (secondary N) is 1. The number of nitriles is 1. The normalized spacial score (nSPS) is 21.6. The van der Waals surface area contributed by atoms with Crippen LogP contribution < -0.4 is 5.32 Å². The van der Waals surface area contributed by atoms with Crippen LogP contribution in [0.3, 0.4) is 0 Å². The van der Waals surface area contributed by atoms with E-state index in [4.69, 9.17) is 0 Å². The molecule has 0 aromatic rings. The lowest BCUT2D eigenvalue weighted by Crippen LogP contribution is -2.54. The van der Waals surface area contributed by atoms with Crippen LogP contribution in [0.1, 0.15) is 38.5 Å². The van der Waals surface area contributed by atoms with Gasteiger partial charge in [0.1, 0.15) is 12.1 Å². The first kappa shape index (κ1) is 21.9. The summed E-state index contributed by atoms with van der Waals surface area (Å²) in [5.74, 6) is -0.104. The van der Waals surface area contributed by atoms with Crippen molar-refractivity contribution >= 4 is 5.91 Å². The van der Waals surface area contributed by atoms with Crippen molar-refractivity contribution in [3.8, 4) is 6.07 Å². The number of carbonyl (C=O) groups excluding carboxylic acids is 1. The predicted molar refractivity (Wildman–Crippen MR) is 93.9 cm³/mol. The second-order valence-corrected chi connectivity index (χ2v) is 7.44. The van der Waals surface area contributed by atoms with Crippen LogP contribution in [0.2, 0.25) is 0 Å². The highest BCUT2D eigenvalue weighted by atomic mass is 19.4. The average molecular weight is 390 g/mol. The van der Waals surface area contributed by atoms with Gasteiger partial charge in [0.25, 0.3) is 0 Å². The largest absolute Gasteiger partial charge is 0.411 e. The molecule has 0 aromatic heterocycles. The fraction of sp³-hybridized carbons (Fsp3) is 0.889. The van der Waals surface area contributed by atoms with Crippen molar-refractivity contribution in [1.29, 1.82) is 5.26 Å². The second-order valence-electron chi connectivity index (χ2n) is 7.44. The lowest BCUT2D eigenvalue weighted by atomic mass is 9.83. The van der Waals surface area contributed by atoms with Crippen molar-refractivity contribution < 1.29 is 22.7 Å². The fourth-order valence-electron chi connectivity index (χ4n) is 3.68. The van der Waals surface area contributed by atoms with E-state index in [1.54, 1.807) is 0 Å². The SMILES string of the molecule is N#CC1(NC(=O)CN2CCN(CCCOCC(F)(F)F)CC2)CCCCC1. The molecule has 0 unspecified atom stereocenters. The van der Waals surface area contributed by atoms with E-state index in [-0.39, 0.29) is 19.1 Å². The number of piperazine rings is 1. The molecule has 0 spiro atoms. The summed E-state index contributed by atoms with van der Waals surface area (Å²) in [6.07, 6.45) is 0.787. The number of halogens is 3. The molecule has 154 valence electrons. The summed E-state index contributed by atoms with van der Waals surface area (Å²) in [6.45, 7) is 2.89. The molecular weight excluding hydrogens is 361 g/mol. The van der Waals surface area contributed by atoms with Gasteiger partial charge in [0.15, 0.2) is 0 Å². The quantitative estimate of drug-likeness (QED) is 0.642. The van der Waals surface area contributed by atoms with Crippen molar-refractivity contribution in [3.05, 3.63) is 0 Å². The highest BCUT2D eigenvalue weighted by Gasteiger charge is 2.34. The van der Waals surface area contributed by atoms with Crippen molar-refractivity contribution in [2.75, 3.05) is 52.5 Å². The van der Waals surface area contributed by atoms with E-state index in [0.717, 1.165) is 58.3 Å². The summed E-state index contributed by atoms with van der Waals surface area (Å²) in [6, 6.07) is 2.29. The summed E-state index contributed by atoms with van der Waals surface area (Å²) in [5.41, 5.74) is -0.701. The molecule has 2 fully saturated rings. The Balaban J connectivity index is 1.60. The van der Waals surface area contributed by atoms with Crippen LogP contribution in [-0.2, 0) is 9.53 Å². The van der Waals surface area contributed by atoms with E-state index in [9.17, 15) is 23.2 Å². The molecule has 1 N–H and O–H groups in total. The first-order chi connectivity index (χ1) is 12.8. The lowest BCUT2D eigenvalue weighted by molar-refractivity contribution is -0.174. The Hall–Kier alpha value is -1.37. The number of carbonyl (C=O) groups is 1. The minimum atomic E-state index is -4.27. The maximum atomic E-state index is 12.3. The number of ether oxygens (including phenoxy) is 1. The maximum Gasteiger partial charge on any atom is 0.411 e. The molecule has 1 amide bonds. The molecule has 2 rings (SSSR count). The van der Waals surface area contributed by atoms with Crippen LogP contribution in [0, 0.1) is 11.3 Å². The second kappa shape index (κ2) is 10.2. The minimum absolute atomic E-state index is 0.0956. The predicted octanol–water partition coefficient (Wildman–Crippen LogP) is 1.92. The Kier molecular flexibility index (Phi) is 8.32. The Morgan fingerprint density at radius 3 is 2.33 bits per heavy atom. The molecule has 1 saturated carbocycles. The Morgan fingerprint density at radius 2 is 1.74 bits per heavy atom. The molecule has 0 aromatic carbocycles. The van der Waals surface area contributed by atoms with Gasteiger partial charge in [-0.3, -0.25) is 9.69 Å². The molecule has 27 heavy (non-hydrogen) atoms. The topological polar surface area (TPSA) is 68.6 Å². The van der Waals surface area contributed by atoms with Crippen LogP contribution >= 0.6 is 0 Å². The molecule has 0 bridgehead atoms. The monoisotopic (exact) mass is 390 g/mol. The average Bonchev–Trinajstić information content (AvgIpc) is 2.62. The molecule has 0 radical (unpaired) electrons. The van der Waals surface area contributed by atoms with Crippen LogP contribution in [0.5, 0.6) is 0 Å². The minimum Gasteiger partial charge on any atom is -0.372 e. The molecule has 6 nitrogen and oxygen atoms in total. The van der Waals surface area contributed by atoms with Gasteiger partial charge in [0.2, 0.25) is 5.91 Å². The standard InChI is InChI=1S/C18H29F3N4O2/c19-18(20,21)15-27-12-4-7-24-8-10-25(11-9-24)13-16(26)23-17(14-22)5-2-1-3-6-17/h1-13,15H2,(H,23,26). The Morgan fingerprint density at radius 1 is 1.11 bits per heavy atom. The molecular formula is C18H29F3N4O2. The summed E-state index contributed by atoms with van der Waals surface area (Å²) in [5, 5.41) is 12.4. The number of alkyl halides is 3. The summed E-state index contributed by atoms with van der Waals surface area (Å²) in [4.78, 5) is 16.5. The van der Waals surface area contributed by atoms with Crippen molar-refractivity contribution in [2.45, 2.75) is 50.2 Å². The summed E-state index contributed by atoms with van der Waals surface area (Å²) >= 11 is 0. The molecule has 2 aliphatic rings. The third-order valence-electron chi connectivity index (χ3n) is 5.16. The van der Waals surface area contributed by atoms with E-state index < -0.39 is 18.3 Å². The number of amides is 1. The molecule has 9 heteroatoms. The van der Waals surface area contributed by atoms with E-state index in [1.807, 2.05) is 0 Å². The van der Waals surface area contributed by atoms with Crippen molar-refractivity contribution in [3.63, 3.8) is 0 Å². The van der Waals surface area contributed by atoms with Gasteiger partial charge in [0.05, 0.1) is 12.6 Å².